The van der Waals surface area contributed by atoms with Gasteiger partial charge < -0.3 is 4.74 Å². The molecule has 0 fully saturated rings. The highest BCUT2D eigenvalue weighted by atomic mass is 35.5. The number of ketones is 1. The topological polar surface area (TPSA) is 38.7 Å². The van der Waals surface area contributed by atoms with Crippen LogP contribution in [-0.2, 0) is 4.79 Å². The molecule has 0 amide bonds. The van der Waals surface area contributed by atoms with Crippen LogP contribution >= 0.6 is 46.4 Å². The fraction of sp³-hybridized carbons (Fsp3) is 0.167. The Hall–Kier alpha value is -0.740. The fourth-order valence-corrected chi connectivity index (χ4v) is 2.82. The van der Waals surface area contributed by atoms with Crippen LogP contribution in [0.1, 0.15) is 0 Å². The zero-order chi connectivity index (χ0) is 13.7. The molecule has 1 aromatic carbocycles. The Morgan fingerprint density at radius 3 is 2.63 bits per heavy atom. The van der Waals surface area contributed by atoms with Gasteiger partial charge in [-0.25, -0.2) is 4.99 Å². The summed E-state index contributed by atoms with van der Waals surface area (Å²) < 4.78 is 5.59. The van der Waals surface area contributed by atoms with E-state index in [4.69, 9.17) is 51.1 Å². The Kier molecular flexibility index (Phi) is 3.26. The van der Waals surface area contributed by atoms with E-state index in [1.165, 1.54) is 0 Å². The maximum absolute atomic E-state index is 11.8. The Labute approximate surface area is 128 Å². The minimum absolute atomic E-state index is 0.0868. The third-order valence-corrected chi connectivity index (χ3v) is 4.42. The highest BCUT2D eigenvalue weighted by molar-refractivity contribution is 6.57. The van der Waals surface area contributed by atoms with Crippen molar-refractivity contribution >= 4 is 63.6 Å². The number of fused-ring (bicyclic) bond motifs is 2. The first-order chi connectivity index (χ1) is 8.99. The number of carbonyl (C=O) groups excluding carboxylic acids is 1. The summed E-state index contributed by atoms with van der Waals surface area (Å²) in [4.78, 5) is 16.1. The monoisotopic (exact) mass is 335 g/mol. The van der Waals surface area contributed by atoms with Gasteiger partial charge in [-0.15, -0.1) is 23.2 Å². The molecule has 0 radical (unpaired) electrons. The minimum atomic E-state index is -0.957. The number of hydrogen-bond acceptors (Lipinski definition) is 3. The summed E-state index contributed by atoms with van der Waals surface area (Å²) in [6.45, 7) is 0. The zero-order valence-corrected chi connectivity index (χ0v) is 12.2. The summed E-state index contributed by atoms with van der Waals surface area (Å²) in [6.07, 6.45) is 0. The van der Waals surface area contributed by atoms with Crippen LogP contribution in [0.2, 0.25) is 5.02 Å². The molecule has 1 aliphatic heterocycles. The van der Waals surface area contributed by atoms with Gasteiger partial charge in [0.1, 0.15) is 27.2 Å². The van der Waals surface area contributed by atoms with Gasteiger partial charge >= 0.3 is 0 Å². The summed E-state index contributed by atoms with van der Waals surface area (Å²) in [5.74, 6) is 0.166. The van der Waals surface area contributed by atoms with Crippen LogP contribution in [-0.4, -0.2) is 22.2 Å². The molecule has 0 saturated heterocycles. The number of halogens is 4. The average Bonchev–Trinajstić information content (AvgIpc) is 2.41. The second kappa shape index (κ2) is 4.67. The van der Waals surface area contributed by atoms with Crippen molar-refractivity contribution in [3.8, 4) is 5.75 Å². The number of alkyl halides is 2. The van der Waals surface area contributed by atoms with Crippen LogP contribution < -0.4 is 4.74 Å². The van der Waals surface area contributed by atoms with E-state index in [0.29, 0.717) is 22.2 Å². The molecule has 3 nitrogen and oxygen atoms in total. The second-order valence-electron chi connectivity index (χ2n) is 4.02. The molecule has 1 aromatic rings. The molecule has 0 saturated carbocycles. The van der Waals surface area contributed by atoms with Crippen molar-refractivity contribution in [2.75, 3.05) is 0 Å². The summed E-state index contributed by atoms with van der Waals surface area (Å²) in [5.41, 5.74) is 0.876. The van der Waals surface area contributed by atoms with Crippen molar-refractivity contribution in [1.29, 1.82) is 0 Å². The first-order valence-corrected chi connectivity index (χ1v) is 6.90. The second-order valence-corrected chi connectivity index (χ2v) is 5.78. The Bertz CT molecular complexity index is 653. The van der Waals surface area contributed by atoms with Crippen LogP contribution in [0.15, 0.2) is 34.0 Å². The molecule has 1 heterocycles. The maximum atomic E-state index is 11.8. The van der Waals surface area contributed by atoms with E-state index in [9.17, 15) is 4.79 Å². The van der Waals surface area contributed by atoms with Crippen molar-refractivity contribution in [3.63, 3.8) is 0 Å². The molecule has 98 valence electrons. The molecule has 0 spiro atoms. The molecule has 2 aliphatic rings. The van der Waals surface area contributed by atoms with E-state index in [1.807, 2.05) is 0 Å². The average molecular weight is 337 g/mol. The van der Waals surface area contributed by atoms with Crippen molar-refractivity contribution in [1.82, 2.24) is 0 Å². The minimum Gasteiger partial charge on any atom is -0.451 e. The molecular weight excluding hydrogens is 332 g/mol. The molecule has 7 heteroatoms. The smallest absolute Gasteiger partial charge is 0.197 e. The van der Waals surface area contributed by atoms with Gasteiger partial charge in [-0.05, 0) is 18.2 Å². The molecule has 0 aromatic heterocycles. The molecule has 1 aliphatic carbocycles. The molecule has 2 atom stereocenters. The van der Waals surface area contributed by atoms with E-state index >= 15 is 0 Å². The van der Waals surface area contributed by atoms with Crippen LogP contribution in [0.3, 0.4) is 0 Å². The number of rotatable bonds is 0. The highest BCUT2D eigenvalue weighted by Crippen LogP contribution is 2.41. The van der Waals surface area contributed by atoms with Gasteiger partial charge in [0, 0.05) is 5.02 Å². The van der Waals surface area contributed by atoms with E-state index in [-0.39, 0.29) is 10.8 Å². The number of benzene rings is 1. The van der Waals surface area contributed by atoms with Gasteiger partial charge in [-0.3, -0.25) is 4.79 Å². The number of Topliss-reactive ketones (excluding diaryl/α,β-unsaturated/α-hetero) is 1. The molecule has 0 bridgehead atoms. The Morgan fingerprint density at radius 2 is 1.89 bits per heavy atom. The predicted octanol–water partition coefficient (Wildman–Crippen LogP) is 4.05. The fourth-order valence-electron chi connectivity index (χ4n) is 1.86. The van der Waals surface area contributed by atoms with Crippen LogP contribution in [0.25, 0.3) is 0 Å². The number of nitrogens with zero attached hydrogens (tertiary/aromatic N) is 1. The van der Waals surface area contributed by atoms with Crippen molar-refractivity contribution in [2.24, 2.45) is 4.99 Å². The normalized spacial score (nSPS) is 25.5. The summed E-state index contributed by atoms with van der Waals surface area (Å²) in [7, 11) is 0. The van der Waals surface area contributed by atoms with E-state index in [0.717, 1.165) is 0 Å². The van der Waals surface area contributed by atoms with Gasteiger partial charge in [0.15, 0.2) is 17.3 Å². The summed E-state index contributed by atoms with van der Waals surface area (Å²) >= 11 is 23.9. The van der Waals surface area contributed by atoms with Crippen LogP contribution in [0.4, 0.5) is 5.69 Å². The third kappa shape index (κ3) is 2.05. The van der Waals surface area contributed by atoms with Gasteiger partial charge in [0.05, 0.1) is 0 Å². The van der Waals surface area contributed by atoms with Crippen LogP contribution in [0, 0.1) is 0 Å². The molecule has 3 rings (SSSR count). The molecule has 0 N–H and O–H groups in total. The van der Waals surface area contributed by atoms with Gasteiger partial charge in [-0.2, -0.15) is 0 Å². The highest BCUT2D eigenvalue weighted by Gasteiger charge is 2.42. The van der Waals surface area contributed by atoms with E-state index in [2.05, 4.69) is 4.99 Å². The van der Waals surface area contributed by atoms with Gasteiger partial charge in [0.2, 0.25) is 0 Å². The first-order valence-electron chi connectivity index (χ1n) is 5.27. The standard InChI is InChI=1S/C12H5Cl4NO2/c13-4-1-2-6-5(3-4)17-10-7(14)8(15)11(18)9(16)12(10)19-6/h1-3,7-8H/t7-,8-/m1/s1. The number of carbonyl (C=O) groups is 1. The third-order valence-electron chi connectivity index (χ3n) is 2.79. The van der Waals surface area contributed by atoms with Crippen molar-refractivity contribution in [2.45, 2.75) is 10.8 Å². The van der Waals surface area contributed by atoms with Crippen molar-refractivity contribution in [3.05, 3.63) is 34.0 Å². The Morgan fingerprint density at radius 1 is 1.16 bits per heavy atom. The lowest BCUT2D eigenvalue weighted by atomic mass is 10.00. The van der Waals surface area contributed by atoms with Gasteiger partial charge in [-0.1, -0.05) is 23.2 Å². The number of hydrogen-bond donors (Lipinski definition) is 0. The molecule has 0 unspecified atom stereocenters. The summed E-state index contributed by atoms with van der Waals surface area (Å²) in [5, 5.41) is -1.32. The molecule has 19 heavy (non-hydrogen) atoms. The SMILES string of the molecule is O=C1C(Cl)=C2Oc3ccc(Cl)cc3N=C2[C@H](Cl)[C@H]1Cl. The predicted molar refractivity (Wildman–Crippen MR) is 76.3 cm³/mol. The molecular formula is C12H5Cl4NO2. The van der Waals surface area contributed by atoms with E-state index in [1.54, 1.807) is 18.2 Å². The number of aliphatic imine (C=N–C) groups is 1. The summed E-state index contributed by atoms with van der Waals surface area (Å²) in [6, 6.07) is 4.94. The largest absolute Gasteiger partial charge is 0.451 e. The lowest BCUT2D eigenvalue weighted by Crippen LogP contribution is -2.40. The quantitative estimate of drug-likeness (QED) is 0.670. The zero-order valence-electron chi connectivity index (χ0n) is 9.16. The lowest BCUT2D eigenvalue weighted by Gasteiger charge is -2.28. The maximum Gasteiger partial charge on any atom is 0.197 e. The van der Waals surface area contributed by atoms with Gasteiger partial charge in [0.25, 0.3) is 0 Å². The Balaban J connectivity index is 2.21. The first kappa shape index (κ1) is 13.3. The van der Waals surface area contributed by atoms with Crippen LogP contribution in [0.5, 0.6) is 5.75 Å². The van der Waals surface area contributed by atoms with Crippen molar-refractivity contribution < 1.29 is 9.53 Å². The van der Waals surface area contributed by atoms with E-state index < -0.39 is 16.5 Å². The number of allylic oxidation sites excluding steroid dienone is 2. The number of ether oxygens (including phenoxy) is 1. The lowest BCUT2D eigenvalue weighted by molar-refractivity contribution is -0.114.